The van der Waals surface area contributed by atoms with Gasteiger partial charge in [0.2, 0.25) is 0 Å². The highest BCUT2D eigenvalue weighted by Crippen LogP contribution is 2.57. The van der Waals surface area contributed by atoms with Crippen molar-refractivity contribution in [3.8, 4) is 0 Å². The molecular formula is C22H19Cl3O2. The fraction of sp³-hybridized carbons (Fsp3) is 0.318. The van der Waals surface area contributed by atoms with Crippen molar-refractivity contribution in [2.75, 3.05) is 0 Å². The molecule has 1 aliphatic carbocycles. The minimum atomic E-state index is -0.654. The summed E-state index contributed by atoms with van der Waals surface area (Å²) in [7, 11) is 0. The lowest BCUT2D eigenvalue weighted by molar-refractivity contribution is -0.146. The summed E-state index contributed by atoms with van der Waals surface area (Å²) in [5.74, 6) is -0.146. The first-order valence-corrected chi connectivity index (χ1v) is 10.1. The molecule has 0 N–H and O–H groups in total. The highest BCUT2D eigenvalue weighted by molar-refractivity contribution is 6.35. The Bertz CT molecular complexity index is 922. The Morgan fingerprint density at radius 3 is 2.33 bits per heavy atom. The first-order chi connectivity index (χ1) is 12.8. The SMILES string of the molecule is C[C@H]1OC(=O)[C@@]2(C)C=C[C@@H](c3ccc(Cl)cc3Cl)[C@H](c3ccc(Cl)cc3)[C@H]12. The van der Waals surface area contributed by atoms with E-state index < -0.39 is 5.41 Å². The molecule has 1 fully saturated rings. The molecule has 140 valence electrons. The highest BCUT2D eigenvalue weighted by atomic mass is 35.5. The highest BCUT2D eigenvalue weighted by Gasteiger charge is 2.57. The van der Waals surface area contributed by atoms with E-state index in [9.17, 15) is 4.79 Å². The van der Waals surface area contributed by atoms with Gasteiger partial charge in [-0.15, -0.1) is 0 Å². The quantitative estimate of drug-likeness (QED) is 0.401. The first-order valence-electron chi connectivity index (χ1n) is 8.92. The monoisotopic (exact) mass is 420 g/mol. The summed E-state index contributed by atoms with van der Waals surface area (Å²) >= 11 is 18.8. The number of halogens is 3. The van der Waals surface area contributed by atoms with Crippen LogP contribution in [0.1, 0.15) is 36.8 Å². The maximum atomic E-state index is 12.6. The van der Waals surface area contributed by atoms with Crippen LogP contribution in [0.3, 0.4) is 0 Å². The van der Waals surface area contributed by atoms with Crippen molar-refractivity contribution in [2.45, 2.75) is 31.8 Å². The van der Waals surface area contributed by atoms with Gasteiger partial charge in [0.1, 0.15) is 6.10 Å². The van der Waals surface area contributed by atoms with Crippen LogP contribution in [0.15, 0.2) is 54.6 Å². The van der Waals surface area contributed by atoms with Crippen molar-refractivity contribution in [3.63, 3.8) is 0 Å². The molecule has 2 aliphatic rings. The van der Waals surface area contributed by atoms with E-state index in [0.717, 1.165) is 11.1 Å². The number of allylic oxidation sites excluding steroid dienone is 1. The average molecular weight is 422 g/mol. The Morgan fingerprint density at radius 2 is 1.67 bits per heavy atom. The van der Waals surface area contributed by atoms with Gasteiger partial charge in [0.25, 0.3) is 0 Å². The third-order valence-electron chi connectivity index (χ3n) is 5.93. The van der Waals surface area contributed by atoms with Gasteiger partial charge in [0.05, 0.1) is 5.41 Å². The lowest BCUT2D eigenvalue weighted by Crippen LogP contribution is -2.39. The molecule has 4 rings (SSSR count). The summed E-state index contributed by atoms with van der Waals surface area (Å²) in [5.41, 5.74) is 1.45. The van der Waals surface area contributed by atoms with Crippen LogP contribution in [0.4, 0.5) is 0 Å². The predicted octanol–water partition coefficient (Wildman–Crippen LogP) is 6.65. The average Bonchev–Trinajstić information content (AvgIpc) is 2.85. The molecule has 2 aromatic carbocycles. The first kappa shape index (κ1) is 18.9. The smallest absolute Gasteiger partial charge is 0.316 e. The molecule has 0 radical (unpaired) electrons. The van der Waals surface area contributed by atoms with Crippen LogP contribution in [0.2, 0.25) is 15.1 Å². The van der Waals surface area contributed by atoms with Gasteiger partial charge in [-0.05, 0) is 49.2 Å². The molecule has 0 bridgehead atoms. The van der Waals surface area contributed by atoms with Gasteiger partial charge in [0, 0.05) is 32.8 Å². The number of rotatable bonds is 2. The van der Waals surface area contributed by atoms with Gasteiger partial charge in [0.15, 0.2) is 0 Å². The van der Waals surface area contributed by atoms with Gasteiger partial charge in [-0.3, -0.25) is 4.79 Å². The van der Waals surface area contributed by atoms with Gasteiger partial charge in [-0.2, -0.15) is 0 Å². The van der Waals surface area contributed by atoms with Gasteiger partial charge < -0.3 is 4.74 Å². The Labute approximate surface area is 174 Å². The van der Waals surface area contributed by atoms with E-state index >= 15 is 0 Å². The zero-order valence-electron chi connectivity index (χ0n) is 15.0. The molecule has 5 heteroatoms. The van der Waals surface area contributed by atoms with Crippen molar-refractivity contribution >= 4 is 40.8 Å². The number of hydrogen-bond acceptors (Lipinski definition) is 2. The van der Waals surface area contributed by atoms with Crippen molar-refractivity contribution < 1.29 is 9.53 Å². The molecule has 27 heavy (non-hydrogen) atoms. The van der Waals surface area contributed by atoms with Gasteiger partial charge >= 0.3 is 5.97 Å². The van der Waals surface area contributed by atoms with Gasteiger partial charge in [-0.1, -0.05) is 65.2 Å². The number of hydrogen-bond donors (Lipinski definition) is 0. The molecule has 0 spiro atoms. The Kier molecular flexibility index (Phi) is 4.78. The fourth-order valence-electron chi connectivity index (χ4n) is 4.65. The number of carbonyl (C=O) groups excluding carboxylic acids is 1. The second-order valence-electron chi connectivity index (χ2n) is 7.55. The Balaban J connectivity index is 1.90. The van der Waals surface area contributed by atoms with Crippen LogP contribution in [0.5, 0.6) is 0 Å². The van der Waals surface area contributed by atoms with E-state index in [1.54, 1.807) is 6.07 Å². The summed E-state index contributed by atoms with van der Waals surface area (Å²) in [6, 6.07) is 13.4. The number of carbonyl (C=O) groups is 1. The summed E-state index contributed by atoms with van der Waals surface area (Å²) in [4.78, 5) is 12.6. The Hall–Kier alpha value is -1.48. The summed E-state index contributed by atoms with van der Waals surface area (Å²) in [6.45, 7) is 3.93. The third kappa shape index (κ3) is 3.08. The zero-order valence-corrected chi connectivity index (χ0v) is 17.2. The molecule has 0 amide bonds. The maximum Gasteiger partial charge on any atom is 0.316 e. The van der Waals surface area contributed by atoms with Crippen molar-refractivity contribution in [2.24, 2.45) is 11.3 Å². The van der Waals surface area contributed by atoms with Crippen LogP contribution < -0.4 is 0 Å². The molecule has 0 unspecified atom stereocenters. The third-order valence-corrected chi connectivity index (χ3v) is 6.75. The minimum Gasteiger partial charge on any atom is -0.462 e. The van der Waals surface area contributed by atoms with Crippen molar-refractivity contribution in [3.05, 3.63) is 80.8 Å². The van der Waals surface area contributed by atoms with E-state index in [1.807, 2.05) is 56.3 Å². The van der Waals surface area contributed by atoms with E-state index in [-0.39, 0.29) is 29.8 Å². The largest absolute Gasteiger partial charge is 0.462 e. The second-order valence-corrected chi connectivity index (χ2v) is 8.83. The van der Waals surface area contributed by atoms with Crippen molar-refractivity contribution in [1.29, 1.82) is 0 Å². The number of ether oxygens (including phenoxy) is 1. The molecule has 0 saturated carbocycles. The van der Waals surface area contributed by atoms with Crippen LogP contribution in [-0.4, -0.2) is 12.1 Å². The Morgan fingerprint density at radius 1 is 1.00 bits per heavy atom. The molecule has 0 aromatic heterocycles. The van der Waals surface area contributed by atoms with Crippen LogP contribution in [-0.2, 0) is 9.53 Å². The number of esters is 1. The summed E-state index contributed by atoms with van der Waals surface area (Å²) in [6.07, 6.45) is 3.89. The fourth-order valence-corrected chi connectivity index (χ4v) is 5.31. The second kappa shape index (κ2) is 6.84. The molecule has 1 heterocycles. The predicted molar refractivity (Wildman–Crippen MR) is 110 cm³/mol. The molecule has 2 aromatic rings. The van der Waals surface area contributed by atoms with Gasteiger partial charge in [-0.25, -0.2) is 0 Å². The normalized spacial score (nSPS) is 32.3. The van der Waals surface area contributed by atoms with E-state index in [2.05, 4.69) is 6.08 Å². The van der Waals surface area contributed by atoms with Crippen LogP contribution in [0.25, 0.3) is 0 Å². The summed E-state index contributed by atoms with van der Waals surface area (Å²) < 4.78 is 5.65. The topological polar surface area (TPSA) is 26.3 Å². The van der Waals surface area contributed by atoms with Crippen LogP contribution >= 0.6 is 34.8 Å². The maximum absolute atomic E-state index is 12.6. The summed E-state index contributed by atoms with van der Waals surface area (Å²) in [5, 5.41) is 1.91. The number of fused-ring (bicyclic) bond motifs is 1. The molecule has 2 nitrogen and oxygen atoms in total. The number of cyclic esters (lactones) is 1. The van der Waals surface area contributed by atoms with E-state index in [1.165, 1.54) is 0 Å². The van der Waals surface area contributed by atoms with Crippen LogP contribution in [0, 0.1) is 11.3 Å². The lowest BCUT2D eigenvalue weighted by Gasteiger charge is -2.41. The molecule has 5 atom stereocenters. The van der Waals surface area contributed by atoms with E-state index in [0.29, 0.717) is 15.1 Å². The van der Waals surface area contributed by atoms with Crippen molar-refractivity contribution in [1.82, 2.24) is 0 Å². The van der Waals surface area contributed by atoms with E-state index in [4.69, 9.17) is 39.5 Å². The number of benzene rings is 2. The zero-order chi connectivity index (χ0) is 19.3. The lowest BCUT2D eigenvalue weighted by atomic mass is 9.59. The molecular weight excluding hydrogens is 403 g/mol. The molecule has 1 aliphatic heterocycles. The molecule has 1 saturated heterocycles. The standard InChI is InChI=1S/C22H19Cl3O2/c1-12-20-19(13-3-5-14(23)6-4-13)17(9-10-22(20,2)21(26)27-12)16-8-7-15(24)11-18(16)25/h3-12,17,19-20H,1-2H3/t12-,17+,19+,20+,22+/m1/s1. The minimum absolute atomic E-state index is 0.00553.